The Morgan fingerprint density at radius 2 is 2.21 bits per heavy atom. The summed E-state index contributed by atoms with van der Waals surface area (Å²) in [5, 5.41) is 8.37. The molecule has 4 aromatic rings. The fourth-order valence-electron chi connectivity index (χ4n) is 2.71. The van der Waals surface area contributed by atoms with Crippen LogP contribution in [0, 0.1) is 0 Å². The van der Waals surface area contributed by atoms with Gasteiger partial charge < -0.3 is 10.3 Å². The lowest BCUT2D eigenvalue weighted by Gasteiger charge is -2.07. The Bertz CT molecular complexity index is 1050. The minimum absolute atomic E-state index is 0.255. The van der Waals surface area contributed by atoms with Crippen LogP contribution in [0.25, 0.3) is 27.9 Å². The van der Waals surface area contributed by atoms with Crippen LogP contribution in [0.2, 0.25) is 0 Å². The Morgan fingerprint density at radius 3 is 3.08 bits per heavy atom. The first-order valence-corrected chi connectivity index (χ1v) is 7.78. The number of hydrogen-bond acceptors (Lipinski definition) is 5. The first-order valence-electron chi connectivity index (χ1n) is 7.78. The Hall–Kier alpha value is -3.03. The maximum absolute atomic E-state index is 13.7. The lowest BCUT2D eigenvalue weighted by molar-refractivity contribution is 0.326. The van der Waals surface area contributed by atoms with E-state index in [0.29, 0.717) is 24.4 Å². The Labute approximate surface area is 136 Å². The van der Waals surface area contributed by atoms with E-state index >= 15 is 0 Å². The fraction of sp³-hybridized carbons (Fsp3) is 0.250. The molecule has 5 rings (SSSR count). The highest BCUT2D eigenvalue weighted by Crippen LogP contribution is 2.39. The van der Waals surface area contributed by atoms with Gasteiger partial charge in [-0.15, -0.1) is 0 Å². The Morgan fingerprint density at radius 1 is 1.29 bits per heavy atom. The average molecular weight is 323 g/mol. The van der Waals surface area contributed by atoms with Crippen molar-refractivity contribution in [2.45, 2.75) is 18.5 Å². The maximum atomic E-state index is 13.7. The molecule has 0 unspecified atom stereocenters. The first-order chi connectivity index (χ1) is 11.7. The third-order valence-electron chi connectivity index (χ3n) is 4.32. The summed E-state index contributed by atoms with van der Waals surface area (Å²) in [7, 11) is 0. The third kappa shape index (κ3) is 2.18. The van der Waals surface area contributed by atoms with Gasteiger partial charge in [-0.1, -0.05) is 0 Å². The molecule has 0 radical (unpaired) electrons. The van der Waals surface area contributed by atoms with Crippen molar-refractivity contribution in [1.29, 1.82) is 0 Å². The van der Waals surface area contributed by atoms with E-state index in [1.807, 2.05) is 18.3 Å². The van der Waals surface area contributed by atoms with Gasteiger partial charge in [-0.05, 0) is 25.0 Å². The lowest BCUT2D eigenvalue weighted by Crippen LogP contribution is -2.17. The molecular weight excluding hydrogens is 309 g/mol. The minimum Gasteiger partial charge on any atom is -0.351 e. The van der Waals surface area contributed by atoms with E-state index in [-0.39, 0.29) is 6.54 Å². The second kappa shape index (κ2) is 4.73. The number of rotatable bonds is 4. The molecule has 0 amide bonds. The molecule has 0 atom stereocenters. The number of alkyl halides is 1. The predicted octanol–water partition coefficient (Wildman–Crippen LogP) is 2.58. The standard InChI is InChI=1S/C16H14FN7/c17-16(3-4-16)9-21-15-20-8-11-10(7-19-14(11)22-15)12-1-2-13-18-5-6-24(13)23-12/h1-2,5-8H,3-4,9H2,(H2,19,20,21,22). The summed E-state index contributed by atoms with van der Waals surface area (Å²) < 4.78 is 15.4. The summed E-state index contributed by atoms with van der Waals surface area (Å²) in [6.07, 6.45) is 8.31. The highest BCUT2D eigenvalue weighted by atomic mass is 19.1. The van der Waals surface area contributed by atoms with Crippen LogP contribution >= 0.6 is 0 Å². The fourth-order valence-corrected chi connectivity index (χ4v) is 2.71. The van der Waals surface area contributed by atoms with Crippen LogP contribution in [-0.4, -0.2) is 41.8 Å². The van der Waals surface area contributed by atoms with E-state index in [1.54, 1.807) is 23.1 Å². The molecule has 1 fully saturated rings. The molecule has 4 aromatic heterocycles. The highest BCUT2D eigenvalue weighted by Gasteiger charge is 2.43. The van der Waals surface area contributed by atoms with Crippen molar-refractivity contribution in [3.05, 3.63) is 36.9 Å². The number of aromatic nitrogens is 6. The van der Waals surface area contributed by atoms with E-state index in [4.69, 9.17) is 0 Å². The summed E-state index contributed by atoms with van der Waals surface area (Å²) in [4.78, 5) is 16.0. The molecule has 1 saturated carbocycles. The van der Waals surface area contributed by atoms with Gasteiger partial charge in [0.15, 0.2) is 5.65 Å². The van der Waals surface area contributed by atoms with E-state index in [0.717, 1.165) is 22.3 Å². The Balaban J connectivity index is 1.50. The first kappa shape index (κ1) is 13.4. The van der Waals surface area contributed by atoms with Crippen molar-refractivity contribution < 1.29 is 4.39 Å². The van der Waals surface area contributed by atoms with Gasteiger partial charge in [-0.25, -0.2) is 18.9 Å². The van der Waals surface area contributed by atoms with E-state index in [2.05, 4.69) is 30.4 Å². The number of anilines is 1. The van der Waals surface area contributed by atoms with Crippen molar-refractivity contribution in [3.8, 4) is 11.3 Å². The maximum Gasteiger partial charge on any atom is 0.224 e. The van der Waals surface area contributed by atoms with Crippen LogP contribution in [0.5, 0.6) is 0 Å². The van der Waals surface area contributed by atoms with Gasteiger partial charge >= 0.3 is 0 Å². The molecule has 0 saturated heterocycles. The summed E-state index contributed by atoms with van der Waals surface area (Å²) >= 11 is 0. The number of nitrogens with one attached hydrogen (secondary N) is 2. The van der Waals surface area contributed by atoms with E-state index in [9.17, 15) is 4.39 Å². The van der Waals surface area contributed by atoms with Crippen LogP contribution in [0.4, 0.5) is 10.3 Å². The zero-order valence-corrected chi connectivity index (χ0v) is 12.7. The molecular formula is C16H14FN7. The zero-order chi connectivity index (χ0) is 16.1. The van der Waals surface area contributed by atoms with Gasteiger partial charge in [-0.3, -0.25) is 0 Å². The molecule has 24 heavy (non-hydrogen) atoms. The summed E-state index contributed by atoms with van der Waals surface area (Å²) in [6.45, 7) is 0.255. The highest BCUT2D eigenvalue weighted by molar-refractivity contribution is 5.92. The summed E-state index contributed by atoms with van der Waals surface area (Å²) in [5.74, 6) is 0.429. The van der Waals surface area contributed by atoms with Crippen molar-refractivity contribution in [3.63, 3.8) is 0 Å². The van der Waals surface area contributed by atoms with Crippen LogP contribution < -0.4 is 5.32 Å². The second-order valence-electron chi connectivity index (χ2n) is 6.11. The monoisotopic (exact) mass is 323 g/mol. The van der Waals surface area contributed by atoms with Crippen LogP contribution in [0.3, 0.4) is 0 Å². The molecule has 0 spiro atoms. The molecule has 120 valence electrons. The number of hydrogen-bond donors (Lipinski definition) is 2. The predicted molar refractivity (Wildman–Crippen MR) is 87.4 cm³/mol. The van der Waals surface area contributed by atoms with Crippen LogP contribution in [0.1, 0.15) is 12.8 Å². The van der Waals surface area contributed by atoms with Gasteiger partial charge in [0.05, 0.1) is 12.2 Å². The van der Waals surface area contributed by atoms with Gasteiger partial charge in [-0.2, -0.15) is 10.1 Å². The number of halogens is 1. The number of nitrogens with zero attached hydrogens (tertiary/aromatic N) is 5. The zero-order valence-electron chi connectivity index (χ0n) is 12.7. The number of fused-ring (bicyclic) bond motifs is 2. The quantitative estimate of drug-likeness (QED) is 0.603. The molecule has 0 aliphatic heterocycles. The topological polar surface area (TPSA) is 83.8 Å². The van der Waals surface area contributed by atoms with Crippen LogP contribution in [-0.2, 0) is 0 Å². The molecule has 7 nitrogen and oxygen atoms in total. The summed E-state index contributed by atoms with van der Waals surface area (Å²) in [6, 6.07) is 3.82. The molecule has 1 aliphatic rings. The summed E-state index contributed by atoms with van der Waals surface area (Å²) in [5.41, 5.74) is 2.12. The Kier molecular flexibility index (Phi) is 2.64. The normalized spacial score (nSPS) is 15.9. The second-order valence-corrected chi connectivity index (χ2v) is 6.11. The van der Waals surface area contributed by atoms with Gasteiger partial charge in [0.25, 0.3) is 0 Å². The molecule has 4 heterocycles. The van der Waals surface area contributed by atoms with E-state index < -0.39 is 5.67 Å². The number of H-pyrrole nitrogens is 1. The third-order valence-corrected chi connectivity index (χ3v) is 4.32. The van der Waals surface area contributed by atoms with Gasteiger partial charge in [0.1, 0.15) is 11.3 Å². The number of aromatic amines is 1. The van der Waals surface area contributed by atoms with Crippen molar-refractivity contribution in [2.24, 2.45) is 0 Å². The van der Waals surface area contributed by atoms with Crippen LogP contribution in [0.15, 0.2) is 36.9 Å². The number of imidazole rings is 1. The van der Waals surface area contributed by atoms with E-state index in [1.165, 1.54) is 0 Å². The lowest BCUT2D eigenvalue weighted by atomic mass is 10.2. The SMILES string of the molecule is FC1(CNc2ncc3c(-c4ccc5nccn5n4)c[nH]c3n2)CC1. The molecule has 8 heteroatoms. The molecule has 1 aliphatic carbocycles. The van der Waals surface area contributed by atoms with Gasteiger partial charge in [0, 0.05) is 35.7 Å². The largest absolute Gasteiger partial charge is 0.351 e. The minimum atomic E-state index is -1.08. The van der Waals surface area contributed by atoms with Crippen molar-refractivity contribution >= 4 is 22.6 Å². The van der Waals surface area contributed by atoms with Gasteiger partial charge in [0.2, 0.25) is 5.95 Å². The molecule has 0 bridgehead atoms. The molecule has 0 aromatic carbocycles. The average Bonchev–Trinajstić information content (AvgIpc) is 3.02. The molecule has 2 N–H and O–H groups in total. The van der Waals surface area contributed by atoms with Crippen molar-refractivity contribution in [2.75, 3.05) is 11.9 Å². The smallest absolute Gasteiger partial charge is 0.224 e. The van der Waals surface area contributed by atoms with Crippen molar-refractivity contribution in [1.82, 2.24) is 29.5 Å².